The Kier molecular flexibility index (Phi) is 4.32. The van der Waals surface area contributed by atoms with Crippen molar-refractivity contribution in [2.24, 2.45) is 0 Å². The number of fused-ring (bicyclic) bond motifs is 1. The number of carbonyl (C=O) groups is 1. The highest BCUT2D eigenvalue weighted by atomic mass is 16.5. The molecule has 0 bridgehead atoms. The fourth-order valence-corrected chi connectivity index (χ4v) is 3.40. The summed E-state index contributed by atoms with van der Waals surface area (Å²) < 4.78 is 5.41. The molecule has 0 N–H and O–H groups in total. The summed E-state index contributed by atoms with van der Waals surface area (Å²) in [4.78, 5) is 22.9. The highest BCUT2D eigenvalue weighted by Gasteiger charge is 2.24. The normalized spacial score (nSPS) is 14.6. The lowest BCUT2D eigenvalue weighted by Crippen LogP contribution is -2.34. The van der Waals surface area contributed by atoms with Crippen molar-refractivity contribution in [2.45, 2.75) is 33.1 Å². The molecule has 4 rings (SSSR count). The van der Waals surface area contributed by atoms with Crippen LogP contribution in [-0.2, 0) is 11.2 Å². The van der Waals surface area contributed by atoms with Crippen LogP contribution in [0, 0.1) is 18.3 Å². The molecule has 0 aliphatic carbocycles. The van der Waals surface area contributed by atoms with E-state index >= 15 is 0 Å². The molecule has 1 saturated heterocycles. The number of nitrogens with zero attached hydrogens (tertiary/aromatic N) is 5. The third-order valence-electron chi connectivity index (χ3n) is 4.86. The van der Waals surface area contributed by atoms with Gasteiger partial charge in [-0.3, -0.25) is 4.79 Å². The highest BCUT2D eigenvalue weighted by Crippen LogP contribution is 2.34. The van der Waals surface area contributed by atoms with E-state index in [1.54, 1.807) is 6.92 Å². The van der Waals surface area contributed by atoms with Gasteiger partial charge >= 0.3 is 0 Å². The number of hydrogen-bond acceptors (Lipinski definition) is 7. The summed E-state index contributed by atoms with van der Waals surface area (Å²) in [7, 11) is 0. The molecule has 27 heavy (non-hydrogen) atoms. The third-order valence-corrected chi connectivity index (χ3v) is 4.86. The van der Waals surface area contributed by atoms with Crippen molar-refractivity contribution < 1.29 is 9.32 Å². The van der Waals surface area contributed by atoms with Crippen LogP contribution in [0.15, 0.2) is 22.7 Å². The Hall–Kier alpha value is -3.27. The number of nitriles is 1. The first-order valence-corrected chi connectivity index (χ1v) is 9.04. The summed E-state index contributed by atoms with van der Waals surface area (Å²) in [6.45, 7) is 5.00. The molecular formula is C20H19N5O2. The van der Waals surface area contributed by atoms with Crippen molar-refractivity contribution in [3.8, 4) is 17.5 Å². The minimum absolute atomic E-state index is 0.257. The predicted octanol–water partition coefficient (Wildman–Crippen LogP) is 3.20. The lowest BCUT2D eigenvalue weighted by molar-refractivity contribution is -0.119. The summed E-state index contributed by atoms with van der Waals surface area (Å²) in [6.07, 6.45) is 1.80. The fraction of sp³-hybridized carbons (Fsp3) is 0.350. The van der Waals surface area contributed by atoms with E-state index in [1.165, 1.54) is 0 Å². The summed E-state index contributed by atoms with van der Waals surface area (Å²) in [6, 6.07) is 8.14. The van der Waals surface area contributed by atoms with Crippen LogP contribution in [0.4, 0.5) is 5.82 Å². The molecule has 0 unspecified atom stereocenters. The number of benzene rings is 1. The quantitative estimate of drug-likeness (QED) is 0.707. The summed E-state index contributed by atoms with van der Waals surface area (Å²) in [5.41, 5.74) is 3.01. The molecule has 1 aliphatic heterocycles. The number of anilines is 1. The van der Waals surface area contributed by atoms with Gasteiger partial charge in [0.25, 0.3) is 5.89 Å². The number of aromatic nitrogens is 3. The van der Waals surface area contributed by atoms with Gasteiger partial charge in [0.2, 0.25) is 0 Å². The maximum atomic E-state index is 11.7. The molecule has 2 aromatic heterocycles. The number of aryl methyl sites for hydroxylation is 2. The third kappa shape index (κ3) is 3.14. The van der Waals surface area contributed by atoms with Crippen LogP contribution >= 0.6 is 0 Å². The van der Waals surface area contributed by atoms with Gasteiger partial charge in [0, 0.05) is 31.3 Å². The van der Waals surface area contributed by atoms with E-state index in [-0.39, 0.29) is 5.78 Å². The summed E-state index contributed by atoms with van der Waals surface area (Å²) >= 11 is 0. The molecule has 0 radical (unpaired) electrons. The molecular weight excluding hydrogens is 342 g/mol. The molecule has 3 aromatic rings. The Bertz CT molecular complexity index is 1070. The zero-order chi connectivity index (χ0) is 19.0. The van der Waals surface area contributed by atoms with E-state index < -0.39 is 0 Å². The van der Waals surface area contributed by atoms with Crippen molar-refractivity contribution in [3.05, 3.63) is 35.2 Å². The van der Waals surface area contributed by atoms with Gasteiger partial charge in [0.1, 0.15) is 17.7 Å². The molecule has 136 valence electrons. The number of piperidine rings is 1. The van der Waals surface area contributed by atoms with Crippen LogP contribution in [0.3, 0.4) is 0 Å². The van der Waals surface area contributed by atoms with Crippen molar-refractivity contribution in [1.29, 1.82) is 5.26 Å². The van der Waals surface area contributed by atoms with Gasteiger partial charge < -0.3 is 9.42 Å². The van der Waals surface area contributed by atoms with Gasteiger partial charge in [-0.25, -0.2) is 4.98 Å². The average molecular weight is 361 g/mol. The maximum absolute atomic E-state index is 11.7. The van der Waals surface area contributed by atoms with E-state index in [1.807, 2.05) is 18.2 Å². The highest BCUT2D eigenvalue weighted by molar-refractivity contribution is 5.92. The zero-order valence-corrected chi connectivity index (χ0v) is 15.3. The van der Waals surface area contributed by atoms with Gasteiger partial charge in [0.05, 0.1) is 16.6 Å². The minimum Gasteiger partial charge on any atom is -0.355 e. The molecule has 1 aromatic carbocycles. The summed E-state index contributed by atoms with van der Waals surface area (Å²) in [5, 5.41) is 14.4. The fourth-order valence-electron chi connectivity index (χ4n) is 3.40. The Morgan fingerprint density at radius 2 is 2.00 bits per heavy atom. The molecule has 0 amide bonds. The molecule has 7 nitrogen and oxygen atoms in total. The first-order chi connectivity index (χ1) is 13.1. The number of Topliss-reactive ketones (excluding diaryl/α,β-unsaturated/α-hetero) is 1. The van der Waals surface area contributed by atoms with E-state index in [4.69, 9.17) is 9.51 Å². The van der Waals surface area contributed by atoms with Crippen molar-refractivity contribution in [2.75, 3.05) is 18.0 Å². The molecule has 1 fully saturated rings. The lowest BCUT2D eigenvalue weighted by Gasteiger charge is -2.28. The number of carbonyl (C=O) groups excluding carboxylic acids is 1. The van der Waals surface area contributed by atoms with Gasteiger partial charge in [-0.1, -0.05) is 12.1 Å². The second-order valence-corrected chi connectivity index (χ2v) is 6.71. The van der Waals surface area contributed by atoms with Crippen LogP contribution in [0.1, 0.15) is 36.7 Å². The Balaban J connectivity index is 1.95. The zero-order valence-electron chi connectivity index (χ0n) is 15.3. The molecule has 1 aliphatic rings. The van der Waals surface area contributed by atoms with Crippen molar-refractivity contribution >= 4 is 22.5 Å². The van der Waals surface area contributed by atoms with Gasteiger partial charge in [0.15, 0.2) is 5.82 Å². The second-order valence-electron chi connectivity index (χ2n) is 6.71. The Morgan fingerprint density at radius 3 is 2.63 bits per heavy atom. The molecule has 0 atom stereocenters. The monoisotopic (exact) mass is 361 g/mol. The van der Waals surface area contributed by atoms with Crippen LogP contribution in [0.25, 0.3) is 22.4 Å². The number of pyridine rings is 1. The van der Waals surface area contributed by atoms with E-state index in [2.05, 4.69) is 28.0 Å². The molecule has 0 saturated carbocycles. The minimum atomic E-state index is 0.257. The first-order valence-electron chi connectivity index (χ1n) is 9.04. The van der Waals surface area contributed by atoms with Gasteiger partial charge in [-0.05, 0) is 37.1 Å². The average Bonchev–Trinajstić information content (AvgIpc) is 3.13. The number of rotatable bonds is 3. The molecule has 7 heteroatoms. The first kappa shape index (κ1) is 17.2. The Morgan fingerprint density at radius 1 is 1.22 bits per heavy atom. The van der Waals surface area contributed by atoms with Crippen LogP contribution in [-0.4, -0.2) is 34.0 Å². The Labute approximate surface area is 156 Å². The van der Waals surface area contributed by atoms with Crippen LogP contribution < -0.4 is 4.90 Å². The van der Waals surface area contributed by atoms with E-state index in [0.717, 1.165) is 22.9 Å². The summed E-state index contributed by atoms with van der Waals surface area (Å²) in [5.74, 6) is 1.88. The smallest absolute Gasteiger partial charge is 0.261 e. The van der Waals surface area contributed by atoms with Crippen molar-refractivity contribution in [3.63, 3.8) is 0 Å². The van der Waals surface area contributed by atoms with Crippen molar-refractivity contribution in [1.82, 2.24) is 15.1 Å². The topological polar surface area (TPSA) is 95.9 Å². The lowest BCUT2D eigenvalue weighted by atomic mass is 10.0. The number of ketones is 1. The standard InChI is InChI=1S/C20H19N5O2/c1-3-13-8-14-10-17(20-22-12(2)24-27-20)19(23-18(14)15(9-13)11-21)25-6-4-16(26)5-7-25/h8-10H,3-7H2,1-2H3. The SMILES string of the molecule is CCc1cc(C#N)c2nc(N3CCC(=O)CC3)c(-c3nc(C)no3)cc2c1. The van der Waals surface area contributed by atoms with Gasteiger partial charge in [-0.2, -0.15) is 10.2 Å². The van der Waals surface area contributed by atoms with Gasteiger partial charge in [-0.15, -0.1) is 0 Å². The maximum Gasteiger partial charge on any atom is 0.261 e. The molecule has 3 heterocycles. The van der Waals surface area contributed by atoms with Crippen LogP contribution in [0.5, 0.6) is 0 Å². The predicted molar refractivity (Wildman–Crippen MR) is 100 cm³/mol. The molecule has 0 spiro atoms. The van der Waals surface area contributed by atoms with Crippen LogP contribution in [0.2, 0.25) is 0 Å². The second kappa shape index (κ2) is 6.80. The largest absolute Gasteiger partial charge is 0.355 e. The number of hydrogen-bond donors (Lipinski definition) is 0. The van der Waals surface area contributed by atoms with E-state index in [9.17, 15) is 10.1 Å². The van der Waals surface area contributed by atoms with E-state index in [0.29, 0.717) is 54.5 Å².